The molecule has 0 spiro atoms. The Balaban J connectivity index is 1.35. The molecule has 10 heteroatoms. The summed E-state index contributed by atoms with van der Waals surface area (Å²) in [6.07, 6.45) is 3.21. The molecule has 1 N–H and O–H groups in total. The summed E-state index contributed by atoms with van der Waals surface area (Å²) in [5.74, 6) is 3.32. The number of methoxy groups -OCH3 is 2. The summed E-state index contributed by atoms with van der Waals surface area (Å²) < 4.78 is 24.2. The number of hydrogen-bond donors (Lipinski definition) is 1. The second kappa shape index (κ2) is 12.3. The van der Waals surface area contributed by atoms with Gasteiger partial charge in [0.15, 0.2) is 11.5 Å². The Bertz CT molecular complexity index is 1860. The zero-order valence-electron chi connectivity index (χ0n) is 23.4. The second-order valence-corrected chi connectivity index (χ2v) is 9.40. The number of ether oxygens (including phenoxy) is 4. The zero-order valence-corrected chi connectivity index (χ0v) is 23.4. The van der Waals surface area contributed by atoms with Crippen LogP contribution in [0.1, 0.15) is 16.1 Å². The third kappa shape index (κ3) is 6.23. The lowest BCUT2D eigenvalue weighted by atomic mass is 10.2. The standard InChI is InChI=1S/C33H27N5O5/c1-40-24-10-8-22(9-11-24)21-38-32-30(31(37-38)36-23-16-18-34-28(20-23)33(39)41-2)29(17-19-35-32)43-27-14-12-26(13-15-27)42-25-6-4-3-5-7-25/h3-20H,21H2,1-2H3,(H,34,36,37). The van der Waals surface area contributed by atoms with Crippen LogP contribution in [-0.2, 0) is 11.3 Å². The number of para-hydroxylation sites is 1. The van der Waals surface area contributed by atoms with E-state index in [-0.39, 0.29) is 5.69 Å². The molecule has 0 aliphatic heterocycles. The molecule has 0 saturated heterocycles. The van der Waals surface area contributed by atoms with Crippen LogP contribution in [-0.4, -0.2) is 39.9 Å². The smallest absolute Gasteiger partial charge is 0.356 e. The van der Waals surface area contributed by atoms with Crippen molar-refractivity contribution in [1.29, 1.82) is 0 Å². The van der Waals surface area contributed by atoms with Crippen molar-refractivity contribution < 1.29 is 23.7 Å². The van der Waals surface area contributed by atoms with Gasteiger partial charge in [0.1, 0.15) is 39.8 Å². The van der Waals surface area contributed by atoms with E-state index in [1.54, 1.807) is 36.2 Å². The summed E-state index contributed by atoms with van der Waals surface area (Å²) in [7, 11) is 2.95. The van der Waals surface area contributed by atoms with Gasteiger partial charge in [-0.2, -0.15) is 5.10 Å². The maximum absolute atomic E-state index is 12.1. The number of carbonyl (C=O) groups is 1. The Kier molecular flexibility index (Phi) is 7.81. The maximum Gasteiger partial charge on any atom is 0.356 e. The van der Waals surface area contributed by atoms with Crippen LogP contribution in [0.4, 0.5) is 11.5 Å². The molecule has 6 aromatic rings. The van der Waals surface area contributed by atoms with Crippen LogP contribution in [0.3, 0.4) is 0 Å². The fourth-order valence-electron chi connectivity index (χ4n) is 4.45. The molecule has 0 fully saturated rings. The van der Waals surface area contributed by atoms with Gasteiger partial charge in [0, 0.05) is 24.1 Å². The van der Waals surface area contributed by atoms with Gasteiger partial charge in [0.2, 0.25) is 0 Å². The molecule has 6 rings (SSSR count). The van der Waals surface area contributed by atoms with E-state index < -0.39 is 5.97 Å². The molecule has 3 aromatic heterocycles. The van der Waals surface area contributed by atoms with Crippen LogP contribution >= 0.6 is 0 Å². The summed E-state index contributed by atoms with van der Waals surface area (Å²) in [5, 5.41) is 8.83. The predicted octanol–water partition coefficient (Wildman–Crippen LogP) is 7.00. The Morgan fingerprint density at radius 2 is 1.44 bits per heavy atom. The molecule has 0 aliphatic rings. The largest absolute Gasteiger partial charge is 0.497 e. The van der Waals surface area contributed by atoms with Gasteiger partial charge in [0.05, 0.1) is 20.8 Å². The van der Waals surface area contributed by atoms with Crippen LogP contribution in [0.25, 0.3) is 11.0 Å². The van der Waals surface area contributed by atoms with Crippen molar-refractivity contribution in [1.82, 2.24) is 19.7 Å². The molecule has 10 nitrogen and oxygen atoms in total. The molecular formula is C33H27N5O5. The summed E-state index contributed by atoms with van der Waals surface area (Å²) in [6, 6.07) is 29.8. The van der Waals surface area contributed by atoms with Crippen molar-refractivity contribution in [3.05, 3.63) is 121 Å². The fraction of sp³-hybridized carbons (Fsp3) is 0.0909. The maximum atomic E-state index is 12.1. The van der Waals surface area contributed by atoms with Crippen molar-refractivity contribution in [3.63, 3.8) is 0 Å². The highest BCUT2D eigenvalue weighted by Crippen LogP contribution is 2.36. The Labute approximate surface area is 247 Å². The lowest BCUT2D eigenvalue weighted by molar-refractivity contribution is 0.0594. The van der Waals surface area contributed by atoms with Crippen LogP contribution in [0.15, 0.2) is 109 Å². The van der Waals surface area contributed by atoms with Gasteiger partial charge in [-0.15, -0.1) is 0 Å². The van der Waals surface area contributed by atoms with Gasteiger partial charge in [-0.3, -0.25) is 0 Å². The molecule has 0 atom stereocenters. The van der Waals surface area contributed by atoms with E-state index in [1.165, 1.54) is 13.3 Å². The van der Waals surface area contributed by atoms with Crippen molar-refractivity contribution in [2.24, 2.45) is 0 Å². The molecule has 0 saturated carbocycles. The molecule has 3 aromatic carbocycles. The van der Waals surface area contributed by atoms with Crippen LogP contribution in [0.5, 0.6) is 28.7 Å². The molecule has 3 heterocycles. The quantitative estimate of drug-likeness (QED) is 0.173. The highest BCUT2D eigenvalue weighted by atomic mass is 16.5. The van der Waals surface area contributed by atoms with Crippen molar-refractivity contribution in [2.75, 3.05) is 19.5 Å². The molecule has 0 amide bonds. The average molecular weight is 574 g/mol. The minimum atomic E-state index is -0.538. The zero-order chi connectivity index (χ0) is 29.6. The van der Waals surface area contributed by atoms with Gasteiger partial charge < -0.3 is 24.3 Å². The molecule has 214 valence electrons. The first-order valence-electron chi connectivity index (χ1n) is 13.4. The number of nitrogens with one attached hydrogen (secondary N) is 1. The van der Waals surface area contributed by atoms with E-state index in [2.05, 4.69) is 15.3 Å². The number of carbonyl (C=O) groups excluding carboxylic acids is 1. The van der Waals surface area contributed by atoms with E-state index in [1.807, 2.05) is 78.9 Å². The van der Waals surface area contributed by atoms with Gasteiger partial charge in [-0.25, -0.2) is 19.4 Å². The number of anilines is 2. The average Bonchev–Trinajstić information content (AvgIpc) is 3.39. The second-order valence-electron chi connectivity index (χ2n) is 9.40. The van der Waals surface area contributed by atoms with Crippen LogP contribution in [0.2, 0.25) is 0 Å². The van der Waals surface area contributed by atoms with Crippen LogP contribution in [0, 0.1) is 0 Å². The van der Waals surface area contributed by atoms with E-state index >= 15 is 0 Å². The Morgan fingerprint density at radius 3 is 2.16 bits per heavy atom. The number of pyridine rings is 2. The third-order valence-electron chi connectivity index (χ3n) is 6.53. The number of fused-ring (bicyclic) bond motifs is 1. The minimum absolute atomic E-state index is 0.168. The summed E-state index contributed by atoms with van der Waals surface area (Å²) in [6.45, 7) is 0.452. The van der Waals surface area contributed by atoms with Gasteiger partial charge in [-0.1, -0.05) is 30.3 Å². The van der Waals surface area contributed by atoms with Crippen molar-refractivity contribution >= 4 is 28.5 Å². The van der Waals surface area contributed by atoms with E-state index in [0.29, 0.717) is 46.3 Å². The molecule has 0 unspecified atom stereocenters. The normalized spacial score (nSPS) is 10.7. The molecule has 0 bridgehead atoms. The minimum Gasteiger partial charge on any atom is -0.497 e. The Hall–Kier alpha value is -5.90. The topological polar surface area (TPSA) is 110 Å². The third-order valence-corrected chi connectivity index (χ3v) is 6.53. The SMILES string of the molecule is COC(=O)c1cc(Nc2nn(Cc3ccc(OC)cc3)c3nccc(Oc4ccc(Oc5ccccc5)cc4)c23)ccn1. The summed E-state index contributed by atoms with van der Waals surface area (Å²) >= 11 is 0. The summed E-state index contributed by atoms with van der Waals surface area (Å²) in [5.41, 5.74) is 2.39. The van der Waals surface area contributed by atoms with Crippen LogP contribution < -0.4 is 19.5 Å². The number of rotatable bonds is 10. The van der Waals surface area contributed by atoms with E-state index in [9.17, 15) is 4.79 Å². The van der Waals surface area contributed by atoms with Gasteiger partial charge >= 0.3 is 5.97 Å². The van der Waals surface area contributed by atoms with Gasteiger partial charge in [-0.05, 0) is 66.2 Å². The number of benzene rings is 3. The van der Waals surface area contributed by atoms with E-state index in [0.717, 1.165) is 17.1 Å². The lowest BCUT2D eigenvalue weighted by Gasteiger charge is -2.10. The highest BCUT2D eigenvalue weighted by Gasteiger charge is 2.19. The fourth-order valence-corrected chi connectivity index (χ4v) is 4.45. The Morgan fingerprint density at radius 1 is 0.767 bits per heavy atom. The monoisotopic (exact) mass is 573 g/mol. The molecule has 0 aliphatic carbocycles. The molecular weight excluding hydrogens is 546 g/mol. The first-order valence-corrected chi connectivity index (χ1v) is 13.4. The van der Waals surface area contributed by atoms with Gasteiger partial charge in [0.25, 0.3) is 0 Å². The first kappa shape index (κ1) is 27.3. The molecule has 0 radical (unpaired) electrons. The number of esters is 1. The van der Waals surface area contributed by atoms with Crippen molar-refractivity contribution in [2.45, 2.75) is 6.54 Å². The number of nitrogens with zero attached hydrogens (tertiary/aromatic N) is 4. The van der Waals surface area contributed by atoms with E-state index in [4.69, 9.17) is 24.0 Å². The first-order chi connectivity index (χ1) is 21.1. The van der Waals surface area contributed by atoms with Crippen molar-refractivity contribution in [3.8, 4) is 28.7 Å². The summed E-state index contributed by atoms with van der Waals surface area (Å²) in [4.78, 5) is 20.8. The lowest BCUT2D eigenvalue weighted by Crippen LogP contribution is -2.05. The number of aromatic nitrogens is 4. The highest BCUT2D eigenvalue weighted by molar-refractivity contribution is 5.95. The predicted molar refractivity (Wildman–Crippen MR) is 162 cm³/mol. The number of hydrogen-bond acceptors (Lipinski definition) is 9. The molecule has 43 heavy (non-hydrogen) atoms.